The van der Waals surface area contributed by atoms with Gasteiger partial charge in [-0.15, -0.1) is 0 Å². The number of carboxylic acids is 1. The molecular formula is C50H76N3O14+. The fourth-order valence-corrected chi connectivity index (χ4v) is 7.15. The molecule has 0 bridgehead atoms. The van der Waals surface area contributed by atoms with Gasteiger partial charge in [0, 0.05) is 60.1 Å². The Morgan fingerprint density at radius 3 is 1.94 bits per heavy atom. The van der Waals surface area contributed by atoms with E-state index in [9.17, 15) is 15.0 Å². The fourth-order valence-electron chi connectivity index (χ4n) is 7.15. The Kier molecular flexibility index (Phi) is 27.5. The van der Waals surface area contributed by atoms with E-state index in [0.717, 1.165) is 71.0 Å². The van der Waals surface area contributed by atoms with Crippen LogP contribution >= 0.6 is 0 Å². The van der Waals surface area contributed by atoms with Gasteiger partial charge in [-0.25, -0.2) is 9.79 Å². The number of unbranched alkanes of at least 4 members (excludes halogenated alkanes) is 2. The van der Waals surface area contributed by atoms with Crippen molar-refractivity contribution in [1.29, 1.82) is 0 Å². The van der Waals surface area contributed by atoms with Gasteiger partial charge in [0.25, 0.3) is 0 Å². The highest BCUT2D eigenvalue weighted by Gasteiger charge is 2.24. The van der Waals surface area contributed by atoms with Crippen molar-refractivity contribution in [2.75, 3.05) is 137 Å². The summed E-state index contributed by atoms with van der Waals surface area (Å²) in [5.74, 6) is 0.0412. The van der Waals surface area contributed by atoms with E-state index in [0.29, 0.717) is 141 Å². The first-order chi connectivity index (χ1) is 32.8. The first kappa shape index (κ1) is 55.4. The average molecular weight is 943 g/mol. The smallest absolute Gasteiger partial charge is 0.336 e. The molecule has 17 heteroatoms. The van der Waals surface area contributed by atoms with E-state index in [-0.39, 0.29) is 19.0 Å². The third kappa shape index (κ3) is 20.5. The van der Waals surface area contributed by atoms with Crippen molar-refractivity contribution in [3.63, 3.8) is 0 Å². The number of carboxylic acid groups (broad SMARTS) is 1. The molecule has 0 spiro atoms. The van der Waals surface area contributed by atoms with Crippen molar-refractivity contribution in [2.24, 2.45) is 0 Å². The van der Waals surface area contributed by atoms with Gasteiger partial charge in [0.05, 0.1) is 104 Å². The number of benzene rings is 3. The van der Waals surface area contributed by atoms with E-state index in [1.165, 1.54) is 0 Å². The van der Waals surface area contributed by atoms with Gasteiger partial charge in [-0.05, 0) is 101 Å². The number of fused-ring (bicyclic) bond motifs is 2. The van der Waals surface area contributed by atoms with Crippen molar-refractivity contribution in [3.8, 4) is 28.2 Å². The summed E-state index contributed by atoms with van der Waals surface area (Å²) in [6.45, 7) is 17.5. The van der Waals surface area contributed by atoms with Crippen LogP contribution in [0.5, 0.6) is 5.75 Å². The van der Waals surface area contributed by atoms with E-state index >= 15 is 0 Å². The third-order valence-electron chi connectivity index (χ3n) is 10.5. The molecule has 67 heavy (non-hydrogen) atoms. The van der Waals surface area contributed by atoms with Crippen molar-refractivity contribution < 1.29 is 72.2 Å². The number of anilines is 1. The summed E-state index contributed by atoms with van der Waals surface area (Å²) in [7, 11) is 0. The largest absolute Gasteiger partial charge is 0.494 e. The number of aliphatic hydroxyl groups excluding tert-OH is 2. The quantitative estimate of drug-likeness (QED) is 0.0210. The van der Waals surface area contributed by atoms with Gasteiger partial charge >= 0.3 is 5.97 Å². The number of rotatable bonds is 39. The monoisotopic (exact) mass is 943 g/mol. The first-order valence-electron chi connectivity index (χ1n) is 23.7. The van der Waals surface area contributed by atoms with Crippen molar-refractivity contribution >= 4 is 22.6 Å². The third-order valence-corrected chi connectivity index (χ3v) is 10.5. The molecule has 6 N–H and O–H groups in total. The van der Waals surface area contributed by atoms with Gasteiger partial charge in [-0.3, -0.25) is 5.32 Å². The average Bonchev–Trinajstić information content (AvgIpc) is 3.31. The molecule has 1 atom stereocenters. The zero-order valence-electron chi connectivity index (χ0n) is 40.1. The summed E-state index contributed by atoms with van der Waals surface area (Å²) < 4.78 is 55.9. The highest BCUT2D eigenvalue weighted by molar-refractivity contribution is 6.08. The summed E-state index contributed by atoms with van der Waals surface area (Å²) in [4.78, 5) is 16.2. The lowest BCUT2D eigenvalue weighted by Gasteiger charge is -2.19. The molecular weight excluding hydrogens is 867 g/mol. The maximum atomic E-state index is 12.8. The van der Waals surface area contributed by atoms with Crippen molar-refractivity contribution in [3.05, 3.63) is 64.5 Å². The van der Waals surface area contributed by atoms with Crippen molar-refractivity contribution in [1.82, 2.24) is 5.32 Å². The molecule has 2 aromatic carbocycles. The molecule has 1 unspecified atom stereocenters. The fraction of sp³-hybridized carbons (Fsp3) is 0.600. The number of hydrogen-bond donors (Lipinski definition) is 6. The van der Waals surface area contributed by atoms with Crippen LogP contribution < -0.4 is 25.7 Å². The van der Waals surface area contributed by atoms with Crippen LogP contribution in [-0.4, -0.2) is 160 Å². The van der Waals surface area contributed by atoms with Crippen LogP contribution in [0.15, 0.2) is 46.9 Å². The van der Waals surface area contributed by atoms with E-state index in [1.54, 1.807) is 12.1 Å². The highest BCUT2D eigenvalue weighted by Crippen LogP contribution is 2.43. The Morgan fingerprint density at radius 1 is 0.687 bits per heavy atom. The van der Waals surface area contributed by atoms with Gasteiger partial charge in [0.2, 0.25) is 5.36 Å². The molecule has 0 saturated heterocycles. The number of nitrogens with one attached hydrogen (secondary N) is 3. The summed E-state index contributed by atoms with van der Waals surface area (Å²) in [6.07, 6.45) is 3.19. The Bertz CT molecular complexity index is 2030. The molecule has 0 amide bonds. The van der Waals surface area contributed by atoms with Gasteiger partial charge in [0.1, 0.15) is 36.7 Å². The van der Waals surface area contributed by atoms with E-state index in [2.05, 4.69) is 27.8 Å². The molecule has 4 rings (SSSR count). The van der Waals surface area contributed by atoms with Gasteiger partial charge in [-0.1, -0.05) is 0 Å². The maximum Gasteiger partial charge on any atom is 0.336 e. The van der Waals surface area contributed by atoms with Crippen molar-refractivity contribution in [2.45, 2.75) is 66.0 Å². The normalized spacial score (nSPS) is 12.4. The Hall–Kier alpha value is -4.24. The summed E-state index contributed by atoms with van der Waals surface area (Å²) in [5.41, 5.74) is 5.99. The predicted molar refractivity (Wildman–Crippen MR) is 255 cm³/mol. The second-order valence-electron chi connectivity index (χ2n) is 15.7. The second kappa shape index (κ2) is 33.3. The minimum atomic E-state index is -1.06. The van der Waals surface area contributed by atoms with E-state index in [4.69, 9.17) is 52.2 Å². The molecule has 17 nitrogen and oxygen atoms in total. The number of hydrogen-bond acceptors (Lipinski definition) is 15. The Morgan fingerprint density at radius 2 is 1.31 bits per heavy atom. The molecule has 2 aliphatic rings. The minimum Gasteiger partial charge on any atom is -0.494 e. The molecule has 1 heterocycles. The number of aliphatic hydroxyl groups is 2. The summed E-state index contributed by atoms with van der Waals surface area (Å²) >= 11 is 0. The van der Waals surface area contributed by atoms with Crippen LogP contribution in [0.2, 0.25) is 0 Å². The number of ether oxygens (including phenoxy) is 9. The molecule has 1 aliphatic heterocycles. The zero-order valence-corrected chi connectivity index (χ0v) is 40.1. The molecule has 2 aromatic rings. The van der Waals surface area contributed by atoms with Gasteiger partial charge < -0.3 is 67.7 Å². The topological polar surface area (TPSA) is 212 Å². The maximum absolute atomic E-state index is 12.8. The Labute approximate surface area is 395 Å². The van der Waals surface area contributed by atoms with Gasteiger partial charge in [0.15, 0.2) is 0 Å². The van der Waals surface area contributed by atoms with Crippen LogP contribution in [-0.2, 0) is 37.9 Å². The number of carbonyl (C=O) groups is 1. The number of aromatic carboxylic acids is 1. The molecule has 0 radical (unpaired) electrons. The first-order valence-corrected chi connectivity index (χ1v) is 23.7. The van der Waals surface area contributed by atoms with Gasteiger partial charge in [-0.2, -0.15) is 0 Å². The van der Waals surface area contributed by atoms with Crippen LogP contribution in [0.3, 0.4) is 0 Å². The molecule has 1 aliphatic carbocycles. The van der Waals surface area contributed by atoms with E-state index < -0.39 is 12.2 Å². The second-order valence-corrected chi connectivity index (χ2v) is 15.7. The van der Waals surface area contributed by atoms with Crippen LogP contribution in [0.25, 0.3) is 33.4 Å². The molecule has 0 aromatic heterocycles. The molecule has 374 valence electrons. The standard InChI is InChI=1S/C50H75N3O14/c1-5-51-44-34-46-42(31-37(44)3)49(43-32-38(4)45(52-6-2)35-47(43)67-46)40-13-12-39(33-41(40)50(56)57)66-18-10-11-48(55)53-14-19-58-16-8-7-9-17-59-21-22-61-23-24-62-25-26-63-28-30-65-36-64-29-27-60-20-15-54/h12-13,31-35,48,51,53-55H,5-11,14-30,36H2,1-4H3,(H,56,57)/p+1. The van der Waals surface area contributed by atoms with E-state index in [1.807, 2.05) is 45.9 Å². The lowest BCUT2D eigenvalue weighted by Crippen LogP contribution is -2.76. The predicted octanol–water partition coefficient (Wildman–Crippen LogP) is 4.27. The lowest BCUT2D eigenvalue weighted by atomic mass is 9.89. The van der Waals surface area contributed by atoms with Crippen LogP contribution in [0, 0.1) is 13.8 Å². The highest BCUT2D eigenvalue weighted by atomic mass is 16.7. The minimum absolute atomic E-state index is 0.00352. The van der Waals surface area contributed by atoms with Crippen LogP contribution in [0.1, 0.15) is 67.4 Å². The summed E-state index contributed by atoms with van der Waals surface area (Å²) in [5, 5.41) is 37.8. The SMILES string of the molecule is CCNc1cc2oc3cc(=[NH+]CC)c(C)cc-3c(-c3ccc(OCCCC(O)NCCOCCCCCOCCOCCOCCOCCOCOCCOCCO)cc3C(=O)O)c2cc1C. The summed E-state index contributed by atoms with van der Waals surface area (Å²) in [6, 6.07) is 13.3. The van der Waals surface area contributed by atoms with Crippen LogP contribution in [0.4, 0.5) is 5.69 Å². The number of aryl methyl sites for hydroxylation is 2. The Balaban J connectivity index is 1.04. The lowest BCUT2D eigenvalue weighted by molar-refractivity contribution is -0.496. The molecule has 0 saturated carbocycles. The molecule has 0 fully saturated rings. The zero-order chi connectivity index (χ0) is 47.9.